The molecule has 0 rings (SSSR count). The van der Waals surface area contributed by atoms with Crippen LogP contribution in [0.5, 0.6) is 0 Å². The molecule has 41 valence electrons. The first-order valence-corrected chi connectivity index (χ1v) is 3.15. The van der Waals surface area contributed by atoms with E-state index in [9.17, 15) is 0 Å². The van der Waals surface area contributed by atoms with Crippen molar-refractivity contribution in [1.82, 2.24) is 0 Å². The van der Waals surface area contributed by atoms with Gasteiger partial charge in [-0.1, -0.05) is 31.2 Å². The van der Waals surface area contributed by atoms with Gasteiger partial charge in [0.25, 0.3) is 0 Å². The Kier molecular flexibility index (Phi) is 4.31. The van der Waals surface area contributed by atoms with Gasteiger partial charge in [-0.15, -0.1) is 0 Å². The van der Waals surface area contributed by atoms with E-state index in [1.54, 1.807) is 0 Å². The molecule has 0 saturated carbocycles. The van der Waals surface area contributed by atoms with Crippen molar-refractivity contribution in [3.63, 3.8) is 0 Å². The molecule has 0 aliphatic heterocycles. The van der Waals surface area contributed by atoms with Gasteiger partial charge in [-0.05, 0) is 13.3 Å². The summed E-state index contributed by atoms with van der Waals surface area (Å²) < 4.78 is 0. The van der Waals surface area contributed by atoms with Crippen LogP contribution in [0, 0.1) is 0 Å². The lowest BCUT2D eigenvalue weighted by molar-refractivity contribution is 1.10. The summed E-state index contributed by atoms with van der Waals surface area (Å²) in [6.45, 7) is 4.16. The fraction of sp³-hybridized carbons (Fsp3) is 0.667. The highest BCUT2D eigenvalue weighted by Crippen LogP contribution is 2.00. The number of hydrogen-bond donors (Lipinski definition) is 0. The van der Waals surface area contributed by atoms with Crippen LogP contribution < -0.4 is 0 Å². The number of rotatable bonds is 2. The third kappa shape index (κ3) is 2.75. The van der Waals surface area contributed by atoms with Crippen LogP contribution in [0.3, 0.4) is 0 Å². The highest BCUT2D eigenvalue weighted by molar-refractivity contribution is 7.80. The Labute approximate surface area is 51.0 Å². The molecule has 0 N–H and O–H groups in total. The van der Waals surface area contributed by atoms with Gasteiger partial charge in [-0.2, -0.15) is 0 Å². The Hall–Kier alpha value is 0.0900. The summed E-state index contributed by atoms with van der Waals surface area (Å²) in [6, 6.07) is 0. The van der Waals surface area contributed by atoms with Gasteiger partial charge in [-0.25, -0.2) is 0 Å². The Bertz CT molecular complexity index is 58.6. The summed E-state index contributed by atoms with van der Waals surface area (Å²) >= 11 is 4.80. The molecule has 0 unspecified atom stereocenters. The van der Waals surface area contributed by atoms with Crippen LogP contribution in [0.2, 0.25) is 0 Å². The van der Waals surface area contributed by atoms with Gasteiger partial charge in [0.2, 0.25) is 0 Å². The van der Waals surface area contributed by atoms with Crippen molar-refractivity contribution in [3.8, 4) is 0 Å². The Morgan fingerprint density at radius 1 is 1.71 bits per heavy atom. The number of hydrogen-bond acceptors (Lipinski definition) is 0. The first-order chi connectivity index (χ1) is 3.35. The van der Waals surface area contributed by atoms with Crippen molar-refractivity contribution in [2.75, 3.05) is 5.75 Å². The highest BCUT2D eigenvalue weighted by Gasteiger charge is 1.83. The standard InChI is InChI=1S/C6H11S/c1-3-6(4-2)5-7/h3H,4-5H2,1-2H3. The largest absolute Gasteiger partial charge is 0.0894 e. The van der Waals surface area contributed by atoms with E-state index in [4.69, 9.17) is 12.6 Å². The maximum Gasteiger partial charge on any atom is 0.0247 e. The van der Waals surface area contributed by atoms with E-state index in [1.807, 2.05) is 6.92 Å². The summed E-state index contributed by atoms with van der Waals surface area (Å²) in [5.74, 6) is 0.799. The quantitative estimate of drug-likeness (QED) is 0.485. The normalized spacial score (nSPS) is 12.1. The fourth-order valence-electron chi connectivity index (χ4n) is 0.390. The molecule has 0 aromatic rings. The van der Waals surface area contributed by atoms with Gasteiger partial charge in [0.1, 0.15) is 0 Å². The summed E-state index contributed by atoms with van der Waals surface area (Å²) in [6.07, 6.45) is 3.20. The molecule has 0 aromatic heterocycles. The fourth-order valence-corrected chi connectivity index (χ4v) is 0.760. The monoisotopic (exact) mass is 115 g/mol. The molecule has 0 fully saturated rings. The van der Waals surface area contributed by atoms with Gasteiger partial charge in [-0.3, -0.25) is 0 Å². The predicted octanol–water partition coefficient (Wildman–Crippen LogP) is 2.54. The second kappa shape index (κ2) is 4.25. The zero-order chi connectivity index (χ0) is 5.70. The van der Waals surface area contributed by atoms with Crippen LogP contribution in [0.4, 0.5) is 0 Å². The Balaban J connectivity index is 3.38. The highest BCUT2D eigenvalue weighted by atomic mass is 32.1. The van der Waals surface area contributed by atoms with Crippen molar-refractivity contribution >= 4 is 12.6 Å². The smallest absolute Gasteiger partial charge is 0.0247 e. The van der Waals surface area contributed by atoms with Gasteiger partial charge in [0.05, 0.1) is 0 Å². The van der Waals surface area contributed by atoms with Crippen molar-refractivity contribution < 1.29 is 0 Å². The molecule has 1 heteroatoms. The lowest BCUT2D eigenvalue weighted by Crippen LogP contribution is -1.78. The molecule has 0 nitrogen and oxygen atoms in total. The van der Waals surface area contributed by atoms with E-state index in [-0.39, 0.29) is 0 Å². The molecule has 7 heavy (non-hydrogen) atoms. The van der Waals surface area contributed by atoms with Gasteiger partial charge >= 0.3 is 0 Å². The minimum absolute atomic E-state index is 0.799. The lowest BCUT2D eigenvalue weighted by Gasteiger charge is -1.91. The molecular weight excluding hydrogens is 104 g/mol. The zero-order valence-electron chi connectivity index (χ0n) is 4.90. The molecule has 0 aromatic carbocycles. The van der Waals surface area contributed by atoms with Crippen LogP contribution in [-0.4, -0.2) is 5.75 Å². The third-order valence-electron chi connectivity index (χ3n) is 1.05. The summed E-state index contributed by atoms with van der Waals surface area (Å²) in [7, 11) is 0. The van der Waals surface area contributed by atoms with E-state index in [0.29, 0.717) is 0 Å². The van der Waals surface area contributed by atoms with Crippen molar-refractivity contribution in [2.24, 2.45) is 0 Å². The molecule has 0 aliphatic rings. The summed E-state index contributed by atoms with van der Waals surface area (Å²) in [5.41, 5.74) is 1.37. The van der Waals surface area contributed by atoms with Crippen LogP contribution in [0.15, 0.2) is 11.6 Å². The van der Waals surface area contributed by atoms with Crippen LogP contribution in [-0.2, 0) is 0 Å². The van der Waals surface area contributed by atoms with E-state index in [0.717, 1.165) is 12.2 Å². The first kappa shape index (κ1) is 7.09. The minimum Gasteiger partial charge on any atom is -0.0894 e. The average molecular weight is 115 g/mol. The van der Waals surface area contributed by atoms with Gasteiger partial charge in [0.15, 0.2) is 0 Å². The average Bonchev–Trinajstić information content (AvgIpc) is 1.72. The van der Waals surface area contributed by atoms with E-state index in [2.05, 4.69) is 13.0 Å². The van der Waals surface area contributed by atoms with Crippen LogP contribution >= 0.6 is 12.6 Å². The van der Waals surface area contributed by atoms with Crippen LogP contribution in [0.25, 0.3) is 0 Å². The molecule has 0 atom stereocenters. The van der Waals surface area contributed by atoms with Crippen molar-refractivity contribution in [1.29, 1.82) is 0 Å². The number of allylic oxidation sites excluding steroid dienone is 1. The van der Waals surface area contributed by atoms with Gasteiger partial charge in [0, 0.05) is 5.75 Å². The lowest BCUT2D eigenvalue weighted by atomic mass is 10.2. The zero-order valence-corrected chi connectivity index (χ0v) is 5.72. The molecule has 0 saturated heterocycles. The maximum absolute atomic E-state index is 4.80. The molecule has 0 spiro atoms. The SMILES string of the molecule is CC=C(CC)C[S]. The first-order valence-electron chi connectivity index (χ1n) is 2.57. The molecule has 0 aliphatic carbocycles. The Morgan fingerprint density at radius 2 is 2.29 bits per heavy atom. The third-order valence-corrected chi connectivity index (χ3v) is 1.42. The topological polar surface area (TPSA) is 0 Å². The molecule has 0 amide bonds. The molecule has 0 bridgehead atoms. The van der Waals surface area contributed by atoms with Crippen LogP contribution in [0.1, 0.15) is 20.3 Å². The predicted molar refractivity (Wildman–Crippen MR) is 36.5 cm³/mol. The van der Waals surface area contributed by atoms with Gasteiger partial charge < -0.3 is 0 Å². The Morgan fingerprint density at radius 3 is 2.29 bits per heavy atom. The van der Waals surface area contributed by atoms with Crippen molar-refractivity contribution in [3.05, 3.63) is 11.6 Å². The molecule has 1 radical (unpaired) electrons. The summed E-state index contributed by atoms with van der Waals surface area (Å²) in [5, 5.41) is 0. The second-order valence-electron chi connectivity index (χ2n) is 1.44. The molecular formula is C6H11S. The van der Waals surface area contributed by atoms with E-state index in [1.165, 1.54) is 5.57 Å². The molecule has 0 heterocycles. The van der Waals surface area contributed by atoms with E-state index < -0.39 is 0 Å². The van der Waals surface area contributed by atoms with E-state index >= 15 is 0 Å². The maximum atomic E-state index is 4.80. The summed E-state index contributed by atoms with van der Waals surface area (Å²) in [4.78, 5) is 0. The second-order valence-corrected chi connectivity index (χ2v) is 1.73. The van der Waals surface area contributed by atoms with Crippen molar-refractivity contribution in [2.45, 2.75) is 20.3 Å². The minimum atomic E-state index is 0.799.